The molecule has 1 heterocycles. The molecule has 0 spiro atoms. The van der Waals surface area contributed by atoms with Gasteiger partial charge in [0.2, 0.25) is 0 Å². The zero-order chi connectivity index (χ0) is 30.2. The molecule has 46 heavy (non-hydrogen) atoms. The lowest BCUT2D eigenvalue weighted by atomic mass is 9.67. The van der Waals surface area contributed by atoms with E-state index in [4.69, 9.17) is 4.98 Å². The van der Waals surface area contributed by atoms with Gasteiger partial charge in [-0.05, 0) is 90.0 Å². The fourth-order valence-electron chi connectivity index (χ4n) is 8.03. The fraction of sp³-hybridized carbons (Fsp3) is 0.0227. The molecular weight excluding hydrogens is 575 g/mol. The monoisotopic (exact) mass is 601 g/mol. The van der Waals surface area contributed by atoms with Crippen LogP contribution in [0, 0.1) is 0 Å². The zero-order valence-corrected chi connectivity index (χ0v) is 25.8. The van der Waals surface area contributed by atoms with E-state index in [0.717, 1.165) is 16.1 Å². The first-order chi connectivity index (χ1) is 22.8. The highest BCUT2D eigenvalue weighted by molar-refractivity contribution is 7.21. The number of hydrogen-bond donors (Lipinski definition) is 0. The molecule has 1 aliphatic carbocycles. The summed E-state index contributed by atoms with van der Waals surface area (Å²) in [6, 6.07) is 60.4. The summed E-state index contributed by atoms with van der Waals surface area (Å²) in [5, 5.41) is 8.80. The summed E-state index contributed by atoms with van der Waals surface area (Å²) in [4.78, 5) is 5.07. The summed E-state index contributed by atoms with van der Waals surface area (Å²) >= 11 is 1.76. The SMILES string of the molecule is c1ccc(C2(c3ccc4c5ccccc5c5ccccc5c4c3)c3ccccc3-c3ccc(-c4nc5ccccc5s4)cc32)cc1. The molecule has 2 heteroatoms. The van der Waals surface area contributed by atoms with Crippen molar-refractivity contribution in [2.75, 3.05) is 0 Å². The topological polar surface area (TPSA) is 12.9 Å². The molecule has 0 amide bonds. The van der Waals surface area contributed by atoms with Gasteiger partial charge in [-0.2, -0.15) is 0 Å². The second-order valence-corrected chi connectivity index (χ2v) is 13.3. The van der Waals surface area contributed by atoms with Gasteiger partial charge in [-0.3, -0.25) is 0 Å². The standard InChI is InChI=1S/C44H27NS/c1-2-12-29(13-3-1)44(30-23-25-35-33-16-5-4-14-31(33)32-15-6-7-17-34(32)38(35)27-30)39-19-9-8-18-36(39)37-24-22-28(26-40(37)44)43-45-41-20-10-11-21-42(41)46-43/h1-27H. The Morgan fingerprint density at radius 3 is 1.78 bits per heavy atom. The lowest BCUT2D eigenvalue weighted by Crippen LogP contribution is -2.28. The van der Waals surface area contributed by atoms with Gasteiger partial charge in [0.05, 0.1) is 15.6 Å². The summed E-state index contributed by atoms with van der Waals surface area (Å²) in [6.45, 7) is 0. The molecule has 1 unspecified atom stereocenters. The third kappa shape index (κ3) is 3.48. The average molecular weight is 602 g/mol. The summed E-state index contributed by atoms with van der Waals surface area (Å²) in [7, 11) is 0. The van der Waals surface area contributed by atoms with Crippen molar-refractivity contribution in [3.8, 4) is 21.7 Å². The minimum Gasteiger partial charge on any atom is -0.236 e. The maximum Gasteiger partial charge on any atom is 0.124 e. The van der Waals surface area contributed by atoms with Crippen LogP contribution in [0.3, 0.4) is 0 Å². The zero-order valence-electron chi connectivity index (χ0n) is 24.9. The van der Waals surface area contributed by atoms with Crippen LogP contribution in [0.2, 0.25) is 0 Å². The van der Waals surface area contributed by atoms with Crippen LogP contribution in [-0.4, -0.2) is 4.98 Å². The van der Waals surface area contributed by atoms with E-state index in [2.05, 4.69) is 164 Å². The van der Waals surface area contributed by atoms with Crippen LogP contribution >= 0.6 is 11.3 Å². The molecule has 0 N–H and O–H groups in total. The molecule has 0 fully saturated rings. The first-order valence-electron chi connectivity index (χ1n) is 15.8. The largest absolute Gasteiger partial charge is 0.236 e. The Morgan fingerprint density at radius 2 is 1.02 bits per heavy atom. The highest BCUT2D eigenvalue weighted by atomic mass is 32.1. The fourth-order valence-corrected chi connectivity index (χ4v) is 8.99. The molecule has 1 nitrogen and oxygen atoms in total. The number of nitrogens with zero attached hydrogens (tertiary/aromatic N) is 1. The molecule has 0 saturated heterocycles. The van der Waals surface area contributed by atoms with Gasteiger partial charge in [0.15, 0.2) is 0 Å². The summed E-state index contributed by atoms with van der Waals surface area (Å²) < 4.78 is 1.21. The smallest absolute Gasteiger partial charge is 0.124 e. The van der Waals surface area contributed by atoms with Crippen LogP contribution in [0.5, 0.6) is 0 Å². The number of thiazole rings is 1. The molecule has 0 radical (unpaired) electrons. The predicted molar refractivity (Wildman–Crippen MR) is 195 cm³/mol. The van der Waals surface area contributed by atoms with Gasteiger partial charge in [-0.15, -0.1) is 11.3 Å². The van der Waals surface area contributed by atoms with Crippen molar-refractivity contribution in [1.82, 2.24) is 4.98 Å². The Balaban J connectivity index is 1.33. The average Bonchev–Trinajstić information content (AvgIpc) is 3.70. The Kier molecular flexibility index (Phi) is 5.43. The van der Waals surface area contributed by atoms with Gasteiger partial charge in [0.1, 0.15) is 5.01 Å². The van der Waals surface area contributed by atoms with Crippen LogP contribution in [0.25, 0.3) is 64.2 Å². The van der Waals surface area contributed by atoms with Crippen molar-refractivity contribution >= 4 is 53.9 Å². The first-order valence-corrected chi connectivity index (χ1v) is 16.6. The molecule has 0 saturated carbocycles. The van der Waals surface area contributed by atoms with Gasteiger partial charge in [0.25, 0.3) is 0 Å². The van der Waals surface area contributed by atoms with Crippen molar-refractivity contribution in [2.45, 2.75) is 5.41 Å². The van der Waals surface area contributed by atoms with E-state index in [-0.39, 0.29) is 0 Å². The summed E-state index contributed by atoms with van der Waals surface area (Å²) in [6.07, 6.45) is 0. The normalized spacial score (nSPS) is 15.5. The number of para-hydroxylation sites is 1. The third-order valence-electron chi connectivity index (χ3n) is 9.97. The number of rotatable bonds is 3. The Hall–Kier alpha value is -5.57. The molecule has 0 aliphatic heterocycles. The van der Waals surface area contributed by atoms with Gasteiger partial charge in [0, 0.05) is 5.56 Å². The van der Waals surface area contributed by atoms with E-state index in [0.29, 0.717) is 0 Å². The lowest BCUT2D eigenvalue weighted by Gasteiger charge is -2.34. The van der Waals surface area contributed by atoms with Crippen LogP contribution in [0.4, 0.5) is 0 Å². The van der Waals surface area contributed by atoms with E-state index in [1.54, 1.807) is 11.3 Å². The highest BCUT2D eigenvalue weighted by Gasteiger charge is 2.46. The van der Waals surface area contributed by atoms with E-state index in [1.807, 2.05) is 0 Å². The van der Waals surface area contributed by atoms with Crippen LogP contribution < -0.4 is 0 Å². The second kappa shape index (κ2) is 9.71. The molecule has 9 aromatic rings. The maximum absolute atomic E-state index is 5.07. The van der Waals surface area contributed by atoms with Crippen molar-refractivity contribution in [1.29, 1.82) is 0 Å². The van der Waals surface area contributed by atoms with Crippen LogP contribution in [0.1, 0.15) is 22.3 Å². The van der Waals surface area contributed by atoms with Gasteiger partial charge >= 0.3 is 0 Å². The van der Waals surface area contributed by atoms with Crippen LogP contribution in [-0.2, 0) is 5.41 Å². The van der Waals surface area contributed by atoms with Crippen molar-refractivity contribution in [3.05, 3.63) is 186 Å². The molecular formula is C44H27NS. The molecule has 1 atom stereocenters. The number of benzene rings is 8. The Bertz CT molecular complexity index is 2580. The number of hydrogen-bond acceptors (Lipinski definition) is 2. The number of aromatic nitrogens is 1. The minimum absolute atomic E-state index is 0.499. The molecule has 10 rings (SSSR count). The predicted octanol–water partition coefficient (Wildman–Crippen LogP) is 11.8. The molecule has 1 aliphatic rings. The minimum atomic E-state index is -0.499. The molecule has 214 valence electrons. The first kappa shape index (κ1) is 25.7. The van der Waals surface area contributed by atoms with Crippen molar-refractivity contribution in [3.63, 3.8) is 0 Å². The quantitative estimate of drug-likeness (QED) is 0.184. The summed E-state index contributed by atoms with van der Waals surface area (Å²) in [5.41, 5.74) is 9.46. The van der Waals surface area contributed by atoms with Gasteiger partial charge in [-0.25, -0.2) is 4.98 Å². The summed E-state index contributed by atoms with van der Waals surface area (Å²) in [5.74, 6) is 0. The Labute approximate surface area is 271 Å². The van der Waals surface area contributed by atoms with Crippen molar-refractivity contribution < 1.29 is 0 Å². The third-order valence-corrected chi connectivity index (χ3v) is 11.1. The van der Waals surface area contributed by atoms with E-state index in [9.17, 15) is 0 Å². The van der Waals surface area contributed by atoms with E-state index >= 15 is 0 Å². The van der Waals surface area contributed by atoms with Gasteiger partial charge in [-0.1, -0.05) is 140 Å². The van der Waals surface area contributed by atoms with Crippen molar-refractivity contribution in [2.24, 2.45) is 0 Å². The molecule has 8 aromatic carbocycles. The highest BCUT2D eigenvalue weighted by Crippen LogP contribution is 2.57. The van der Waals surface area contributed by atoms with E-state index < -0.39 is 5.41 Å². The van der Waals surface area contributed by atoms with E-state index in [1.165, 1.54) is 70.4 Å². The second-order valence-electron chi connectivity index (χ2n) is 12.3. The molecule has 0 bridgehead atoms. The Morgan fingerprint density at radius 1 is 0.413 bits per heavy atom. The lowest BCUT2D eigenvalue weighted by molar-refractivity contribution is 0.770. The maximum atomic E-state index is 5.07. The number of fused-ring (bicyclic) bond motifs is 10. The van der Waals surface area contributed by atoms with Gasteiger partial charge < -0.3 is 0 Å². The van der Waals surface area contributed by atoms with Crippen LogP contribution in [0.15, 0.2) is 164 Å². The molecule has 1 aromatic heterocycles.